The van der Waals surface area contributed by atoms with Crippen molar-refractivity contribution in [1.29, 1.82) is 0 Å². The quantitative estimate of drug-likeness (QED) is 0.586. The molecule has 3 N–H and O–H groups in total. The molecule has 0 amide bonds. The molecule has 0 bridgehead atoms. The number of carboxylic acid groups (broad SMARTS) is 1. The largest absolute Gasteiger partial charge is 0.492 e. The van der Waals surface area contributed by atoms with Gasteiger partial charge in [0.25, 0.3) is 10.0 Å². The van der Waals surface area contributed by atoms with E-state index >= 15 is 0 Å². The van der Waals surface area contributed by atoms with E-state index in [1.807, 2.05) is 0 Å². The number of anilines is 2. The number of carbonyl (C=O) groups is 1. The summed E-state index contributed by atoms with van der Waals surface area (Å²) in [6, 6.07) is 10.2. The first-order chi connectivity index (χ1) is 15.4. The predicted molar refractivity (Wildman–Crippen MR) is 121 cm³/mol. The molecule has 5 rings (SSSR count). The maximum absolute atomic E-state index is 13.3. The Bertz CT molecular complexity index is 1170. The number of carboxylic acids is 1. The topological polar surface area (TPSA) is 108 Å². The summed E-state index contributed by atoms with van der Waals surface area (Å²) >= 11 is 0. The van der Waals surface area contributed by atoms with Crippen LogP contribution in [0.5, 0.6) is 5.75 Å². The number of aromatic carboxylic acids is 1. The van der Waals surface area contributed by atoms with Crippen LogP contribution in [0.3, 0.4) is 0 Å². The first kappa shape index (κ1) is 21.1. The zero-order chi connectivity index (χ0) is 22.5. The highest BCUT2D eigenvalue weighted by Crippen LogP contribution is 2.55. The molecule has 1 aliphatic carbocycles. The van der Waals surface area contributed by atoms with Crippen LogP contribution in [0, 0.1) is 5.92 Å². The molecule has 3 aliphatic rings. The summed E-state index contributed by atoms with van der Waals surface area (Å²) in [4.78, 5) is 14.5. The summed E-state index contributed by atoms with van der Waals surface area (Å²) in [5.74, 6) is -0.186. The third-order valence-electron chi connectivity index (χ3n) is 6.67. The van der Waals surface area contributed by atoms with E-state index in [9.17, 15) is 18.3 Å². The van der Waals surface area contributed by atoms with E-state index in [0.717, 1.165) is 38.0 Å². The molecule has 1 saturated heterocycles. The van der Waals surface area contributed by atoms with Crippen LogP contribution in [0.25, 0.3) is 0 Å². The molecule has 0 radical (unpaired) electrons. The summed E-state index contributed by atoms with van der Waals surface area (Å²) < 4.78 is 34.9. The van der Waals surface area contributed by atoms with Gasteiger partial charge in [0.2, 0.25) is 0 Å². The molecule has 8 nitrogen and oxygen atoms in total. The fourth-order valence-corrected chi connectivity index (χ4v) is 6.07. The monoisotopic (exact) mass is 457 g/mol. The zero-order valence-corrected chi connectivity index (χ0v) is 18.7. The Morgan fingerprint density at radius 2 is 2.03 bits per heavy atom. The molecule has 2 aromatic carbocycles. The molecule has 2 aliphatic heterocycles. The zero-order valence-electron chi connectivity index (χ0n) is 17.9. The van der Waals surface area contributed by atoms with E-state index < -0.39 is 16.0 Å². The lowest BCUT2D eigenvalue weighted by atomic mass is 10.0. The van der Waals surface area contributed by atoms with E-state index in [4.69, 9.17) is 4.74 Å². The highest BCUT2D eigenvalue weighted by molar-refractivity contribution is 7.92. The Morgan fingerprint density at radius 1 is 1.22 bits per heavy atom. The van der Waals surface area contributed by atoms with Crippen molar-refractivity contribution in [3.63, 3.8) is 0 Å². The Hall–Kier alpha value is -2.78. The van der Waals surface area contributed by atoms with Gasteiger partial charge in [0.1, 0.15) is 16.2 Å². The van der Waals surface area contributed by atoms with Gasteiger partial charge >= 0.3 is 5.97 Å². The van der Waals surface area contributed by atoms with Gasteiger partial charge in [-0.1, -0.05) is 25.1 Å². The lowest BCUT2D eigenvalue weighted by Crippen LogP contribution is -2.27. The lowest BCUT2D eigenvalue weighted by molar-refractivity contribution is 0.0692. The third kappa shape index (κ3) is 3.80. The highest BCUT2D eigenvalue weighted by atomic mass is 32.2. The molecule has 3 atom stereocenters. The van der Waals surface area contributed by atoms with Crippen LogP contribution in [0.4, 0.5) is 11.4 Å². The molecule has 32 heavy (non-hydrogen) atoms. The van der Waals surface area contributed by atoms with Crippen molar-refractivity contribution >= 4 is 27.4 Å². The van der Waals surface area contributed by atoms with Crippen molar-refractivity contribution in [2.75, 3.05) is 36.3 Å². The molecule has 2 heterocycles. The minimum absolute atomic E-state index is 0.0168. The third-order valence-corrected chi connectivity index (χ3v) is 8.09. The van der Waals surface area contributed by atoms with Gasteiger partial charge in [-0.15, -0.1) is 0 Å². The summed E-state index contributed by atoms with van der Waals surface area (Å²) in [7, 11) is -4.04. The molecule has 0 spiro atoms. The fourth-order valence-electron chi connectivity index (χ4n) is 4.82. The maximum Gasteiger partial charge on any atom is 0.341 e. The van der Waals surface area contributed by atoms with Crippen LogP contribution < -0.4 is 14.8 Å². The number of ether oxygens (including phenoxy) is 1. The van der Waals surface area contributed by atoms with Gasteiger partial charge in [0.05, 0.1) is 18.0 Å². The van der Waals surface area contributed by atoms with Crippen molar-refractivity contribution in [1.82, 2.24) is 4.90 Å². The molecule has 2 fully saturated rings. The van der Waals surface area contributed by atoms with Gasteiger partial charge in [-0.05, 0) is 49.1 Å². The van der Waals surface area contributed by atoms with Crippen LogP contribution in [0.1, 0.15) is 41.6 Å². The summed E-state index contributed by atoms with van der Waals surface area (Å²) in [5.41, 5.74) is 1.25. The van der Waals surface area contributed by atoms with Gasteiger partial charge in [-0.2, -0.15) is 0 Å². The normalized spacial score (nSPS) is 24.2. The number of likely N-dealkylation sites (tertiary alicyclic amines) is 1. The standard InChI is InChI=1S/C23H27N3O5S/c1-2-26-10-9-15(12-26)24-18-5-3-4-6-20(18)32(29,30)25-19-8-7-16-17-11-14(17)13-31-22(16)21(19)23(27)28/h3-8,14-15,17,24-25H,2,9-13H2,1H3,(H,27,28)/t14?,15-,17?/m1/s1. The SMILES string of the molecule is CCN1CC[C@@H](Nc2ccccc2S(=O)(=O)Nc2ccc3c(c2C(=O)O)OCC2CC32)C1. The minimum atomic E-state index is -4.04. The van der Waals surface area contributed by atoms with Crippen LogP contribution in [-0.2, 0) is 10.0 Å². The van der Waals surface area contributed by atoms with Crippen molar-refractivity contribution < 1.29 is 23.1 Å². The van der Waals surface area contributed by atoms with Gasteiger partial charge in [-0.3, -0.25) is 4.72 Å². The van der Waals surface area contributed by atoms with Gasteiger partial charge in [0.15, 0.2) is 0 Å². The summed E-state index contributed by atoms with van der Waals surface area (Å²) in [6.45, 7) is 5.36. The molecule has 9 heteroatoms. The van der Waals surface area contributed by atoms with E-state index in [1.165, 1.54) is 12.1 Å². The number of fused-ring (bicyclic) bond motifs is 3. The van der Waals surface area contributed by atoms with E-state index in [-0.39, 0.29) is 27.9 Å². The van der Waals surface area contributed by atoms with Crippen molar-refractivity contribution in [3.8, 4) is 5.75 Å². The number of hydrogen-bond donors (Lipinski definition) is 3. The fraction of sp³-hybridized carbons (Fsp3) is 0.435. The maximum atomic E-state index is 13.3. The van der Waals surface area contributed by atoms with Gasteiger partial charge < -0.3 is 20.1 Å². The van der Waals surface area contributed by atoms with Crippen LogP contribution in [0.15, 0.2) is 41.3 Å². The molecule has 1 saturated carbocycles. The number of benzene rings is 2. The molecular weight excluding hydrogens is 430 g/mol. The Morgan fingerprint density at radius 3 is 2.78 bits per heavy atom. The number of likely N-dealkylation sites (N-methyl/N-ethyl adjacent to an activating group) is 1. The average Bonchev–Trinajstić information content (AvgIpc) is 3.43. The number of nitrogens with zero attached hydrogens (tertiary/aromatic N) is 1. The van der Waals surface area contributed by atoms with Gasteiger partial charge in [-0.25, -0.2) is 13.2 Å². The van der Waals surface area contributed by atoms with E-state index in [0.29, 0.717) is 24.1 Å². The summed E-state index contributed by atoms with van der Waals surface area (Å²) in [5, 5.41) is 13.2. The van der Waals surface area contributed by atoms with Crippen LogP contribution in [0.2, 0.25) is 0 Å². The van der Waals surface area contributed by atoms with Crippen molar-refractivity contribution in [2.45, 2.75) is 36.6 Å². The minimum Gasteiger partial charge on any atom is -0.492 e. The smallest absolute Gasteiger partial charge is 0.341 e. The first-order valence-corrected chi connectivity index (χ1v) is 12.5. The number of para-hydroxylation sites is 1. The average molecular weight is 458 g/mol. The number of nitrogens with one attached hydrogen (secondary N) is 2. The van der Waals surface area contributed by atoms with Crippen molar-refractivity contribution in [3.05, 3.63) is 47.5 Å². The predicted octanol–water partition coefficient (Wildman–Crippen LogP) is 3.19. The van der Waals surface area contributed by atoms with Crippen LogP contribution in [-0.4, -0.2) is 56.7 Å². The van der Waals surface area contributed by atoms with Crippen LogP contribution >= 0.6 is 0 Å². The number of rotatable bonds is 7. The molecular formula is C23H27N3O5S. The number of hydrogen-bond acceptors (Lipinski definition) is 6. The van der Waals surface area contributed by atoms with E-state index in [2.05, 4.69) is 21.9 Å². The Labute approximate surface area is 187 Å². The second kappa shape index (κ2) is 7.97. The molecule has 2 aromatic rings. The summed E-state index contributed by atoms with van der Waals surface area (Å²) in [6.07, 6.45) is 1.91. The lowest BCUT2D eigenvalue weighted by Gasteiger charge is -2.22. The second-order valence-corrected chi connectivity index (χ2v) is 10.4. The number of sulfonamides is 1. The highest BCUT2D eigenvalue weighted by Gasteiger charge is 2.45. The molecule has 170 valence electrons. The molecule has 0 aromatic heterocycles. The second-order valence-electron chi connectivity index (χ2n) is 8.75. The van der Waals surface area contributed by atoms with Gasteiger partial charge in [0, 0.05) is 25.0 Å². The van der Waals surface area contributed by atoms with E-state index in [1.54, 1.807) is 24.3 Å². The Balaban J connectivity index is 1.45. The first-order valence-electron chi connectivity index (χ1n) is 11.0. The van der Waals surface area contributed by atoms with Crippen molar-refractivity contribution in [2.24, 2.45) is 5.92 Å². The Kier molecular flexibility index (Phi) is 5.25. The molecule has 2 unspecified atom stereocenters.